The molecule has 2 atom stereocenters. The Morgan fingerprint density at radius 3 is 3.28 bits per heavy atom. The molecule has 18 heavy (non-hydrogen) atoms. The van der Waals surface area contributed by atoms with Gasteiger partial charge >= 0.3 is 5.97 Å². The first kappa shape index (κ1) is 13.4. The van der Waals surface area contributed by atoms with Crippen molar-refractivity contribution < 1.29 is 9.53 Å². The van der Waals surface area contributed by atoms with Gasteiger partial charge in [-0.3, -0.25) is 4.79 Å². The molecular weight excluding hydrogens is 250 g/mol. The highest BCUT2D eigenvalue weighted by Crippen LogP contribution is 2.37. The number of hydrogen-bond donors (Lipinski definition) is 2. The lowest BCUT2D eigenvalue weighted by Crippen LogP contribution is -2.51. The summed E-state index contributed by atoms with van der Waals surface area (Å²) in [6.45, 7) is 0. The molecule has 0 radical (unpaired) electrons. The molecule has 1 aromatic rings. The van der Waals surface area contributed by atoms with Crippen LogP contribution in [0, 0.1) is 5.92 Å². The van der Waals surface area contributed by atoms with E-state index in [4.69, 9.17) is 10.5 Å². The van der Waals surface area contributed by atoms with Gasteiger partial charge in [0, 0.05) is 18.1 Å². The number of hydrogen-bond acceptors (Lipinski definition) is 5. The van der Waals surface area contributed by atoms with Gasteiger partial charge in [0.2, 0.25) is 0 Å². The quantitative estimate of drug-likeness (QED) is 0.626. The summed E-state index contributed by atoms with van der Waals surface area (Å²) in [5, 5.41) is 0.911. The van der Waals surface area contributed by atoms with Gasteiger partial charge in [-0.1, -0.05) is 18.2 Å². The number of carbonyl (C=O) groups is 1. The van der Waals surface area contributed by atoms with Crippen molar-refractivity contribution in [1.29, 1.82) is 0 Å². The van der Waals surface area contributed by atoms with E-state index in [1.807, 2.05) is 0 Å². The Bertz CT molecular complexity index is 396. The van der Waals surface area contributed by atoms with Gasteiger partial charge in [-0.2, -0.15) is 0 Å². The highest BCUT2D eigenvalue weighted by atomic mass is 32.2. The molecule has 100 valence electrons. The summed E-state index contributed by atoms with van der Waals surface area (Å²) in [5.41, 5.74) is 5.43. The number of carbonyl (C=O) groups excluding carboxylic acids is 1. The number of aromatic nitrogens is 2. The van der Waals surface area contributed by atoms with E-state index in [-0.39, 0.29) is 11.9 Å². The lowest BCUT2D eigenvalue weighted by Gasteiger charge is -2.28. The summed E-state index contributed by atoms with van der Waals surface area (Å²) in [4.78, 5) is 19.0. The first-order chi connectivity index (χ1) is 8.66. The number of aromatic amines is 1. The zero-order valence-electron chi connectivity index (χ0n) is 10.5. The third-order valence-corrected chi connectivity index (χ3v) is 4.55. The second-order valence-electron chi connectivity index (χ2n) is 4.65. The van der Waals surface area contributed by atoms with Crippen LogP contribution in [0.3, 0.4) is 0 Å². The molecule has 0 amide bonds. The number of nitrogens with zero attached hydrogens (tertiary/aromatic N) is 1. The number of ether oxygens (including phenoxy) is 1. The number of imidazole rings is 1. The van der Waals surface area contributed by atoms with Crippen molar-refractivity contribution in [2.24, 2.45) is 11.7 Å². The van der Waals surface area contributed by atoms with E-state index < -0.39 is 5.54 Å². The standard InChI is InChI=1S/C12H19N3O2S/c1-17-10(16)12(13)5-2-3-9(12)4-8-18-11-14-6-7-15-11/h6-7,9H,2-5,8,13H2,1H3,(H,14,15). The third kappa shape index (κ3) is 2.70. The third-order valence-electron chi connectivity index (χ3n) is 3.62. The van der Waals surface area contributed by atoms with Crippen LogP contribution in [0.4, 0.5) is 0 Å². The van der Waals surface area contributed by atoms with Crippen LogP contribution in [0.5, 0.6) is 0 Å². The van der Waals surface area contributed by atoms with Gasteiger partial charge in [0.1, 0.15) is 5.54 Å². The van der Waals surface area contributed by atoms with Crippen LogP contribution in [0.2, 0.25) is 0 Å². The summed E-state index contributed by atoms with van der Waals surface area (Å²) >= 11 is 1.66. The van der Waals surface area contributed by atoms with Crippen molar-refractivity contribution in [2.45, 2.75) is 36.4 Å². The molecule has 0 bridgehead atoms. The van der Waals surface area contributed by atoms with Crippen molar-refractivity contribution in [3.63, 3.8) is 0 Å². The van der Waals surface area contributed by atoms with Gasteiger partial charge in [0.15, 0.2) is 5.16 Å². The summed E-state index contributed by atoms with van der Waals surface area (Å²) in [6, 6.07) is 0. The van der Waals surface area contributed by atoms with Crippen LogP contribution >= 0.6 is 11.8 Å². The normalized spacial score (nSPS) is 27.3. The average Bonchev–Trinajstić information content (AvgIpc) is 3.00. The molecule has 0 aromatic carbocycles. The predicted octanol–water partition coefficient (Wildman–Crippen LogP) is 1.56. The summed E-state index contributed by atoms with van der Waals surface area (Å²) in [7, 11) is 1.41. The summed E-state index contributed by atoms with van der Waals surface area (Å²) < 4.78 is 4.83. The second kappa shape index (κ2) is 5.75. The van der Waals surface area contributed by atoms with Gasteiger partial charge in [-0.25, -0.2) is 4.98 Å². The lowest BCUT2D eigenvalue weighted by atomic mass is 9.86. The van der Waals surface area contributed by atoms with Gasteiger partial charge < -0.3 is 15.5 Å². The summed E-state index contributed by atoms with van der Waals surface area (Å²) in [5.74, 6) is 0.856. The monoisotopic (exact) mass is 269 g/mol. The van der Waals surface area contributed by atoms with E-state index in [1.54, 1.807) is 24.2 Å². The Balaban J connectivity index is 1.86. The van der Waals surface area contributed by atoms with Crippen molar-refractivity contribution in [3.8, 4) is 0 Å². The Kier molecular flexibility index (Phi) is 4.29. The Morgan fingerprint density at radius 2 is 2.61 bits per heavy atom. The van der Waals surface area contributed by atoms with Crippen molar-refractivity contribution >= 4 is 17.7 Å². The van der Waals surface area contributed by atoms with Crippen LogP contribution < -0.4 is 5.73 Å². The first-order valence-corrected chi connectivity index (χ1v) is 7.15. The molecule has 1 heterocycles. The average molecular weight is 269 g/mol. The Morgan fingerprint density at radius 1 is 1.78 bits per heavy atom. The molecule has 1 fully saturated rings. The highest BCUT2D eigenvalue weighted by molar-refractivity contribution is 7.99. The van der Waals surface area contributed by atoms with Crippen LogP contribution in [0.15, 0.2) is 17.6 Å². The molecule has 1 aliphatic rings. The smallest absolute Gasteiger partial charge is 0.326 e. The van der Waals surface area contributed by atoms with E-state index in [0.29, 0.717) is 0 Å². The van der Waals surface area contributed by atoms with Crippen molar-refractivity contribution in [1.82, 2.24) is 9.97 Å². The van der Waals surface area contributed by atoms with Gasteiger partial charge in [0.05, 0.1) is 7.11 Å². The fourth-order valence-corrected chi connectivity index (χ4v) is 3.47. The van der Waals surface area contributed by atoms with E-state index >= 15 is 0 Å². The zero-order valence-corrected chi connectivity index (χ0v) is 11.3. The first-order valence-electron chi connectivity index (χ1n) is 6.16. The minimum atomic E-state index is -0.779. The number of nitrogens with one attached hydrogen (secondary N) is 1. The molecule has 1 aliphatic carbocycles. The van der Waals surface area contributed by atoms with Gasteiger partial charge in [0.25, 0.3) is 0 Å². The molecule has 6 heteroatoms. The molecule has 2 rings (SSSR count). The summed E-state index contributed by atoms with van der Waals surface area (Å²) in [6.07, 6.45) is 7.19. The molecule has 2 unspecified atom stereocenters. The molecule has 1 aromatic heterocycles. The number of H-pyrrole nitrogens is 1. The highest BCUT2D eigenvalue weighted by Gasteiger charge is 2.46. The topological polar surface area (TPSA) is 81.0 Å². The maximum absolute atomic E-state index is 11.8. The Hall–Kier alpha value is -1.01. The fraction of sp³-hybridized carbons (Fsp3) is 0.667. The van der Waals surface area contributed by atoms with Gasteiger partial charge in [-0.15, -0.1) is 0 Å². The van der Waals surface area contributed by atoms with E-state index in [1.165, 1.54) is 7.11 Å². The van der Waals surface area contributed by atoms with E-state index in [9.17, 15) is 4.79 Å². The lowest BCUT2D eigenvalue weighted by molar-refractivity contribution is -0.148. The Labute approximate surface area is 111 Å². The predicted molar refractivity (Wildman–Crippen MR) is 70.2 cm³/mol. The van der Waals surface area contributed by atoms with Crippen molar-refractivity contribution in [2.75, 3.05) is 12.9 Å². The van der Waals surface area contributed by atoms with E-state index in [2.05, 4.69) is 9.97 Å². The number of thioether (sulfide) groups is 1. The molecule has 0 aliphatic heterocycles. The zero-order chi connectivity index (χ0) is 13.0. The molecule has 1 saturated carbocycles. The number of nitrogens with two attached hydrogens (primary N) is 1. The van der Waals surface area contributed by atoms with Crippen LogP contribution in [0.25, 0.3) is 0 Å². The van der Waals surface area contributed by atoms with Crippen molar-refractivity contribution in [3.05, 3.63) is 12.4 Å². The van der Waals surface area contributed by atoms with Gasteiger partial charge in [-0.05, 0) is 25.2 Å². The molecule has 3 N–H and O–H groups in total. The largest absolute Gasteiger partial charge is 0.468 e. The molecule has 0 saturated heterocycles. The maximum Gasteiger partial charge on any atom is 0.326 e. The number of methoxy groups -OCH3 is 1. The van der Waals surface area contributed by atoms with Crippen LogP contribution in [0.1, 0.15) is 25.7 Å². The minimum absolute atomic E-state index is 0.215. The SMILES string of the molecule is COC(=O)C1(N)CCCC1CCSc1ncc[nH]1. The number of rotatable bonds is 5. The second-order valence-corrected chi connectivity index (χ2v) is 5.74. The fourth-order valence-electron chi connectivity index (χ4n) is 2.59. The maximum atomic E-state index is 11.8. The van der Waals surface area contributed by atoms with E-state index in [0.717, 1.165) is 36.6 Å². The van der Waals surface area contributed by atoms with Crippen LogP contribution in [-0.2, 0) is 9.53 Å². The molecule has 5 nitrogen and oxygen atoms in total. The minimum Gasteiger partial charge on any atom is -0.468 e. The molecular formula is C12H19N3O2S. The molecule has 0 spiro atoms. The number of esters is 1. The van der Waals surface area contributed by atoms with Crippen LogP contribution in [-0.4, -0.2) is 34.3 Å².